The molecule has 1 atom stereocenters. The van der Waals surface area contributed by atoms with E-state index in [1.54, 1.807) is 7.05 Å². The van der Waals surface area contributed by atoms with Gasteiger partial charge in [-0.2, -0.15) is 0 Å². The smallest absolute Gasteiger partial charge is 0.227 e. The van der Waals surface area contributed by atoms with Gasteiger partial charge in [-0.15, -0.1) is 0 Å². The summed E-state index contributed by atoms with van der Waals surface area (Å²) >= 11 is 0. The first-order chi connectivity index (χ1) is 13.0. The lowest BCUT2D eigenvalue weighted by Crippen LogP contribution is -2.37. The quantitative estimate of drug-likeness (QED) is 0.314. The number of amides is 1. The summed E-state index contributed by atoms with van der Waals surface area (Å²) in [5.41, 5.74) is 1.91. The van der Waals surface area contributed by atoms with Crippen molar-refractivity contribution in [3.63, 3.8) is 0 Å². The Kier molecular flexibility index (Phi) is 11.2. The topological polar surface area (TPSA) is 74.8 Å². The van der Waals surface area contributed by atoms with E-state index >= 15 is 0 Å². The van der Waals surface area contributed by atoms with Gasteiger partial charge in [0.15, 0.2) is 5.96 Å². The molecule has 0 spiro atoms. The standard InChI is InChI=1S/C21H36N4O2/c1-6-17(4)20(26)25-19-10-7-9-18(13-19)14-24-21(22-5)23-11-8-12-27-15-16(2)3/h7,9-10,13,16-17H,6,8,11-12,14-15H2,1-5H3,(H,25,26)(H2,22,23,24). The van der Waals surface area contributed by atoms with Gasteiger partial charge >= 0.3 is 0 Å². The molecule has 1 unspecified atom stereocenters. The van der Waals surface area contributed by atoms with E-state index in [4.69, 9.17) is 4.74 Å². The molecule has 0 heterocycles. The van der Waals surface area contributed by atoms with Crippen molar-refractivity contribution < 1.29 is 9.53 Å². The fraction of sp³-hybridized carbons (Fsp3) is 0.619. The van der Waals surface area contributed by atoms with Crippen LogP contribution in [0.4, 0.5) is 5.69 Å². The molecular formula is C21H36N4O2. The van der Waals surface area contributed by atoms with Gasteiger partial charge in [0.25, 0.3) is 0 Å². The Morgan fingerprint density at radius 3 is 2.67 bits per heavy atom. The van der Waals surface area contributed by atoms with Crippen LogP contribution in [-0.4, -0.2) is 38.7 Å². The number of rotatable bonds is 11. The molecule has 1 amide bonds. The summed E-state index contributed by atoms with van der Waals surface area (Å²) < 4.78 is 5.57. The minimum atomic E-state index is 0.0133. The maximum absolute atomic E-state index is 12.0. The summed E-state index contributed by atoms with van der Waals surface area (Å²) in [6.07, 6.45) is 1.77. The molecule has 152 valence electrons. The number of carbonyl (C=O) groups is 1. The van der Waals surface area contributed by atoms with Gasteiger partial charge in [-0.05, 0) is 36.5 Å². The molecule has 1 aromatic rings. The minimum absolute atomic E-state index is 0.0133. The minimum Gasteiger partial charge on any atom is -0.381 e. The number of hydrogen-bond acceptors (Lipinski definition) is 3. The van der Waals surface area contributed by atoms with E-state index in [0.29, 0.717) is 12.5 Å². The van der Waals surface area contributed by atoms with Gasteiger partial charge in [0, 0.05) is 45.0 Å². The van der Waals surface area contributed by atoms with Crippen LogP contribution in [0.25, 0.3) is 0 Å². The van der Waals surface area contributed by atoms with Crippen molar-refractivity contribution in [2.45, 2.75) is 47.1 Å². The maximum Gasteiger partial charge on any atom is 0.227 e. The molecule has 1 rings (SSSR count). The van der Waals surface area contributed by atoms with E-state index in [0.717, 1.165) is 49.8 Å². The lowest BCUT2D eigenvalue weighted by molar-refractivity contribution is -0.119. The van der Waals surface area contributed by atoms with Crippen LogP contribution in [-0.2, 0) is 16.1 Å². The Labute approximate surface area is 164 Å². The Morgan fingerprint density at radius 1 is 1.22 bits per heavy atom. The molecule has 27 heavy (non-hydrogen) atoms. The van der Waals surface area contributed by atoms with Crippen molar-refractivity contribution in [2.75, 3.05) is 32.1 Å². The number of carbonyl (C=O) groups excluding carboxylic acids is 1. The van der Waals surface area contributed by atoms with Crippen molar-refractivity contribution >= 4 is 17.6 Å². The molecule has 0 fully saturated rings. The summed E-state index contributed by atoms with van der Waals surface area (Å²) in [4.78, 5) is 16.3. The van der Waals surface area contributed by atoms with Crippen molar-refractivity contribution in [1.82, 2.24) is 10.6 Å². The zero-order valence-corrected chi connectivity index (χ0v) is 17.5. The number of nitrogens with one attached hydrogen (secondary N) is 3. The SMILES string of the molecule is CCC(C)C(=O)Nc1cccc(CNC(=NC)NCCCOCC(C)C)c1. The van der Waals surface area contributed by atoms with Gasteiger partial charge < -0.3 is 20.7 Å². The summed E-state index contributed by atoms with van der Waals surface area (Å²) in [5.74, 6) is 1.39. The number of ether oxygens (including phenoxy) is 1. The zero-order chi connectivity index (χ0) is 20.1. The van der Waals surface area contributed by atoms with Crippen molar-refractivity contribution in [3.8, 4) is 0 Å². The number of anilines is 1. The Balaban J connectivity index is 2.38. The first kappa shape index (κ1) is 23.0. The van der Waals surface area contributed by atoms with Gasteiger partial charge in [-0.25, -0.2) is 0 Å². The number of aliphatic imine (C=N–C) groups is 1. The molecule has 1 aromatic carbocycles. The second-order valence-electron chi connectivity index (χ2n) is 7.17. The van der Waals surface area contributed by atoms with Crippen LogP contribution < -0.4 is 16.0 Å². The third-order valence-corrected chi connectivity index (χ3v) is 4.15. The predicted molar refractivity (Wildman–Crippen MR) is 113 cm³/mol. The second kappa shape index (κ2) is 13.1. The van der Waals surface area contributed by atoms with E-state index < -0.39 is 0 Å². The fourth-order valence-corrected chi connectivity index (χ4v) is 2.32. The van der Waals surface area contributed by atoms with E-state index in [-0.39, 0.29) is 11.8 Å². The van der Waals surface area contributed by atoms with Gasteiger partial charge in [-0.3, -0.25) is 9.79 Å². The molecule has 0 aliphatic carbocycles. The van der Waals surface area contributed by atoms with Crippen LogP contribution in [0.3, 0.4) is 0 Å². The highest BCUT2D eigenvalue weighted by molar-refractivity contribution is 5.92. The number of nitrogens with zero attached hydrogens (tertiary/aromatic N) is 1. The Hall–Kier alpha value is -2.08. The van der Waals surface area contributed by atoms with Gasteiger partial charge in [0.05, 0.1) is 0 Å². The largest absolute Gasteiger partial charge is 0.381 e. The predicted octanol–water partition coefficient (Wildman–Crippen LogP) is 3.40. The lowest BCUT2D eigenvalue weighted by Gasteiger charge is -2.14. The fourth-order valence-electron chi connectivity index (χ4n) is 2.32. The second-order valence-corrected chi connectivity index (χ2v) is 7.17. The number of hydrogen-bond donors (Lipinski definition) is 3. The van der Waals surface area contributed by atoms with Crippen LogP contribution in [0.15, 0.2) is 29.3 Å². The summed E-state index contributed by atoms with van der Waals surface area (Å²) in [5, 5.41) is 9.55. The van der Waals surface area contributed by atoms with Gasteiger partial charge in [0.1, 0.15) is 0 Å². The van der Waals surface area contributed by atoms with Crippen LogP contribution in [0.1, 0.15) is 46.1 Å². The first-order valence-electron chi connectivity index (χ1n) is 9.88. The Morgan fingerprint density at radius 2 is 2.00 bits per heavy atom. The molecule has 0 aromatic heterocycles. The highest BCUT2D eigenvalue weighted by Crippen LogP contribution is 2.13. The molecule has 0 saturated carbocycles. The van der Waals surface area contributed by atoms with Crippen LogP contribution in [0.2, 0.25) is 0 Å². The van der Waals surface area contributed by atoms with Crippen molar-refractivity contribution in [2.24, 2.45) is 16.8 Å². The number of guanidine groups is 1. The number of benzene rings is 1. The molecule has 0 saturated heterocycles. The van der Waals surface area contributed by atoms with Crippen molar-refractivity contribution in [1.29, 1.82) is 0 Å². The molecular weight excluding hydrogens is 340 g/mol. The van der Waals surface area contributed by atoms with Gasteiger partial charge in [-0.1, -0.05) is 39.8 Å². The molecule has 0 bridgehead atoms. The molecule has 6 nitrogen and oxygen atoms in total. The Bertz CT molecular complexity index is 587. The average Bonchev–Trinajstić information content (AvgIpc) is 2.66. The molecule has 0 radical (unpaired) electrons. The van der Waals surface area contributed by atoms with Crippen LogP contribution in [0.5, 0.6) is 0 Å². The lowest BCUT2D eigenvalue weighted by atomic mass is 10.1. The third-order valence-electron chi connectivity index (χ3n) is 4.15. The molecule has 3 N–H and O–H groups in total. The third kappa shape index (κ3) is 9.99. The highest BCUT2D eigenvalue weighted by atomic mass is 16.5. The van der Waals surface area contributed by atoms with E-state index in [1.807, 2.05) is 38.1 Å². The first-order valence-corrected chi connectivity index (χ1v) is 9.88. The summed E-state index contributed by atoms with van der Waals surface area (Å²) in [6.45, 7) is 11.2. The van der Waals surface area contributed by atoms with Crippen LogP contribution in [0, 0.1) is 11.8 Å². The monoisotopic (exact) mass is 376 g/mol. The average molecular weight is 377 g/mol. The molecule has 0 aliphatic rings. The maximum atomic E-state index is 12.0. The van der Waals surface area contributed by atoms with E-state index in [1.165, 1.54) is 0 Å². The van der Waals surface area contributed by atoms with Gasteiger partial charge in [0.2, 0.25) is 5.91 Å². The molecule has 6 heteroatoms. The molecule has 0 aliphatic heterocycles. The summed E-state index contributed by atoms with van der Waals surface area (Å²) in [7, 11) is 1.76. The van der Waals surface area contributed by atoms with E-state index in [9.17, 15) is 4.79 Å². The van der Waals surface area contributed by atoms with Crippen LogP contribution >= 0.6 is 0 Å². The highest BCUT2D eigenvalue weighted by Gasteiger charge is 2.10. The van der Waals surface area contributed by atoms with Crippen molar-refractivity contribution in [3.05, 3.63) is 29.8 Å². The zero-order valence-electron chi connectivity index (χ0n) is 17.5. The van der Waals surface area contributed by atoms with E-state index in [2.05, 4.69) is 34.8 Å². The summed E-state index contributed by atoms with van der Waals surface area (Å²) in [6, 6.07) is 7.87. The normalized spacial score (nSPS) is 12.7.